The van der Waals surface area contributed by atoms with Crippen LogP contribution in [0, 0.1) is 16.6 Å². The van der Waals surface area contributed by atoms with Crippen molar-refractivity contribution < 1.29 is 35.5 Å². The van der Waals surface area contributed by atoms with Gasteiger partial charge >= 0.3 is 0 Å². The number of amides is 1. The fraction of sp³-hybridized carbons (Fsp3) is 0.682. The van der Waals surface area contributed by atoms with E-state index in [0.717, 1.165) is 25.2 Å². The first-order chi connectivity index (χ1) is 14.7. The molecule has 0 aliphatic heterocycles. The average Bonchev–Trinajstić information content (AvgIpc) is 3.39. The number of rotatable bonds is 6. The molecule has 1 aromatic rings. The van der Waals surface area contributed by atoms with Crippen molar-refractivity contribution >= 4 is 15.9 Å². The minimum atomic E-state index is -3.87. The molecule has 32 heavy (non-hydrogen) atoms. The Labute approximate surface area is 182 Å². The zero-order valence-electron chi connectivity index (χ0n) is 17.4. The molecule has 10 heteroatoms. The van der Waals surface area contributed by atoms with Gasteiger partial charge in [-0.3, -0.25) is 4.79 Å². The summed E-state index contributed by atoms with van der Waals surface area (Å²) in [7, 11) is -3.87. The van der Waals surface area contributed by atoms with Gasteiger partial charge in [0.15, 0.2) is 0 Å². The third-order valence-electron chi connectivity index (χ3n) is 8.54. The number of sulfonamides is 1. The fourth-order valence-corrected chi connectivity index (χ4v) is 8.02. The van der Waals surface area contributed by atoms with Gasteiger partial charge in [0.25, 0.3) is 5.91 Å². The Morgan fingerprint density at radius 2 is 1.66 bits per heavy atom. The monoisotopic (exact) mass is 473 g/mol. The lowest BCUT2D eigenvalue weighted by molar-refractivity contribution is -0.362. The third-order valence-corrected chi connectivity index (χ3v) is 9.10. The molecule has 0 saturated heterocycles. The molecule has 1 amide bonds. The smallest absolute Gasteiger partial charge is 0.267 e. The maximum Gasteiger partial charge on any atom is 0.267 e. The van der Waals surface area contributed by atoms with E-state index in [1.807, 2.05) is 0 Å². The molecule has 2 atom stereocenters. The van der Waals surface area contributed by atoms with Gasteiger partial charge in [-0.1, -0.05) is 0 Å². The van der Waals surface area contributed by atoms with Gasteiger partial charge < -0.3 is 4.74 Å². The Bertz CT molecular complexity index is 1160. The molecule has 6 rings (SSSR count). The first kappa shape index (κ1) is 20.7. The minimum Gasteiger partial charge on any atom is -0.493 e. The van der Waals surface area contributed by atoms with E-state index in [1.165, 1.54) is 6.07 Å². The van der Waals surface area contributed by atoms with E-state index in [2.05, 4.69) is 0 Å². The van der Waals surface area contributed by atoms with Crippen LogP contribution in [-0.4, -0.2) is 44.2 Å². The van der Waals surface area contributed by atoms with Crippen LogP contribution in [0.15, 0.2) is 12.1 Å². The van der Waals surface area contributed by atoms with Crippen LogP contribution in [0.3, 0.4) is 0 Å². The SMILES string of the molecule is CS(=O)(=O)NC(=O)c1cc(C2CC2)c(OCC23CC4(F)CC5(F)CC(F)(C2)C45C3)cc1F. The second-order valence-corrected chi connectivity index (χ2v) is 12.6. The minimum absolute atomic E-state index is 0.0320. The van der Waals surface area contributed by atoms with Crippen molar-refractivity contribution in [1.82, 2.24) is 4.72 Å². The Kier molecular flexibility index (Phi) is 3.64. The normalized spacial score (nSPS) is 43.3. The van der Waals surface area contributed by atoms with Crippen LogP contribution in [0.1, 0.15) is 66.8 Å². The highest BCUT2D eigenvalue weighted by Crippen LogP contribution is 2.91. The molecule has 0 radical (unpaired) electrons. The van der Waals surface area contributed by atoms with E-state index in [-0.39, 0.29) is 50.4 Å². The largest absolute Gasteiger partial charge is 0.493 e. The Morgan fingerprint density at radius 1 is 1.06 bits per heavy atom. The van der Waals surface area contributed by atoms with Gasteiger partial charge in [-0.15, -0.1) is 0 Å². The lowest BCUT2D eigenvalue weighted by atomic mass is 9.33. The highest BCUT2D eigenvalue weighted by molar-refractivity contribution is 7.89. The van der Waals surface area contributed by atoms with E-state index >= 15 is 8.78 Å². The number of carbonyl (C=O) groups is 1. The molecule has 0 aromatic heterocycles. The molecular formula is C22H23F4NO4S. The van der Waals surface area contributed by atoms with Crippen molar-refractivity contribution in [2.24, 2.45) is 10.8 Å². The number of hydrogen-bond donors (Lipinski definition) is 1. The maximum absolute atomic E-state index is 15.4. The van der Waals surface area contributed by atoms with Crippen molar-refractivity contribution in [1.29, 1.82) is 0 Å². The Balaban J connectivity index is 1.27. The summed E-state index contributed by atoms with van der Waals surface area (Å²) in [6, 6.07) is 2.32. The predicted octanol–water partition coefficient (Wildman–Crippen LogP) is 3.87. The zero-order valence-corrected chi connectivity index (χ0v) is 18.3. The van der Waals surface area contributed by atoms with Crippen LogP contribution in [0.2, 0.25) is 0 Å². The third kappa shape index (κ3) is 2.39. The molecule has 174 valence electrons. The highest BCUT2D eigenvalue weighted by Gasteiger charge is 2.98. The maximum atomic E-state index is 15.4. The number of halogens is 4. The fourth-order valence-electron chi connectivity index (χ4n) is 7.58. The molecule has 5 aliphatic carbocycles. The molecule has 1 N–H and O–H groups in total. The summed E-state index contributed by atoms with van der Waals surface area (Å²) in [5.74, 6) is -1.82. The van der Waals surface area contributed by atoms with Crippen LogP contribution in [0.25, 0.3) is 0 Å². The van der Waals surface area contributed by atoms with Crippen LogP contribution >= 0.6 is 0 Å². The Morgan fingerprint density at radius 3 is 2.16 bits per heavy atom. The zero-order chi connectivity index (χ0) is 22.9. The van der Waals surface area contributed by atoms with Gasteiger partial charge in [0.2, 0.25) is 10.0 Å². The number of hydrogen-bond acceptors (Lipinski definition) is 4. The molecule has 5 saturated carbocycles. The summed E-state index contributed by atoms with van der Waals surface area (Å²) >= 11 is 0. The molecule has 1 spiro atoms. The van der Waals surface area contributed by atoms with E-state index in [4.69, 9.17) is 4.74 Å². The predicted molar refractivity (Wildman–Crippen MR) is 106 cm³/mol. The van der Waals surface area contributed by atoms with Crippen molar-refractivity contribution in [2.45, 2.75) is 67.9 Å². The summed E-state index contributed by atoms with van der Waals surface area (Å²) < 4.78 is 90.8. The lowest BCUT2D eigenvalue weighted by Crippen LogP contribution is -2.84. The van der Waals surface area contributed by atoms with E-state index in [9.17, 15) is 22.0 Å². The standard InChI is InChI=1S/C22H23F4NO4S/c1-32(29,30)27-17(28)14-4-13(12-2-3-12)16(5-15(14)23)31-11-18-6-19(24)9-21(26)10-20(25,7-18)22(19,21)8-18/h4-5,12H,2-3,6-11H2,1H3,(H,27,28). The summed E-state index contributed by atoms with van der Waals surface area (Å²) in [6.45, 7) is -0.0593. The lowest BCUT2D eigenvalue weighted by Gasteiger charge is -2.74. The van der Waals surface area contributed by atoms with Crippen LogP contribution in [0.5, 0.6) is 5.75 Å². The molecule has 1 aromatic carbocycles. The second-order valence-electron chi connectivity index (χ2n) is 10.8. The summed E-state index contributed by atoms with van der Waals surface area (Å²) in [6.07, 6.45) is 2.02. The van der Waals surface area contributed by atoms with Gasteiger partial charge in [-0.05, 0) is 49.7 Å². The topological polar surface area (TPSA) is 72.5 Å². The van der Waals surface area contributed by atoms with Crippen LogP contribution < -0.4 is 9.46 Å². The molecule has 0 heterocycles. The van der Waals surface area contributed by atoms with Crippen molar-refractivity contribution in [2.75, 3.05) is 12.9 Å². The Hall–Kier alpha value is -1.84. The number of ether oxygens (including phenoxy) is 1. The number of benzene rings is 1. The van der Waals surface area contributed by atoms with Gasteiger partial charge in [-0.2, -0.15) is 0 Å². The number of nitrogens with one attached hydrogen (secondary N) is 1. The summed E-state index contributed by atoms with van der Waals surface area (Å²) in [5, 5.41) is 0. The number of fused-ring (bicyclic) bond motifs is 1. The molecule has 5 aliphatic rings. The molecule has 5 fully saturated rings. The van der Waals surface area contributed by atoms with E-state index in [1.54, 1.807) is 4.72 Å². The van der Waals surface area contributed by atoms with Gasteiger partial charge in [0.1, 0.15) is 28.6 Å². The van der Waals surface area contributed by atoms with E-state index in [0.29, 0.717) is 5.56 Å². The quantitative estimate of drug-likeness (QED) is 0.637. The van der Waals surface area contributed by atoms with Crippen LogP contribution in [0.4, 0.5) is 17.6 Å². The first-order valence-electron chi connectivity index (χ1n) is 10.8. The van der Waals surface area contributed by atoms with Crippen molar-refractivity contribution in [3.63, 3.8) is 0 Å². The van der Waals surface area contributed by atoms with Gasteiger partial charge in [0.05, 0.1) is 23.8 Å². The second kappa shape index (κ2) is 5.62. The van der Waals surface area contributed by atoms with Crippen molar-refractivity contribution in [3.8, 4) is 5.75 Å². The first-order valence-corrected chi connectivity index (χ1v) is 12.7. The number of alkyl halides is 3. The molecule has 5 nitrogen and oxygen atoms in total. The van der Waals surface area contributed by atoms with E-state index < -0.39 is 55.1 Å². The van der Waals surface area contributed by atoms with Gasteiger partial charge in [0, 0.05) is 24.3 Å². The number of carbonyl (C=O) groups excluding carboxylic acids is 1. The molecule has 2 bridgehead atoms. The van der Waals surface area contributed by atoms with Crippen LogP contribution in [-0.2, 0) is 10.0 Å². The molecule has 2 unspecified atom stereocenters. The average molecular weight is 473 g/mol. The van der Waals surface area contributed by atoms with Crippen molar-refractivity contribution in [3.05, 3.63) is 29.1 Å². The summed E-state index contributed by atoms with van der Waals surface area (Å²) in [4.78, 5) is 12.2. The highest BCUT2D eigenvalue weighted by atomic mass is 32.2. The van der Waals surface area contributed by atoms with Gasteiger partial charge in [-0.25, -0.2) is 30.7 Å². The molecular weight excluding hydrogens is 450 g/mol. The summed E-state index contributed by atoms with van der Waals surface area (Å²) in [5.41, 5.74) is -7.73.